The summed E-state index contributed by atoms with van der Waals surface area (Å²) < 4.78 is 5.42. The summed E-state index contributed by atoms with van der Waals surface area (Å²) in [6.07, 6.45) is 2.90. The van der Waals surface area contributed by atoms with Gasteiger partial charge < -0.3 is 15.2 Å². The number of amides is 1. The Morgan fingerprint density at radius 1 is 1.45 bits per heavy atom. The number of aromatic nitrogens is 2. The first-order valence-corrected chi connectivity index (χ1v) is 8.48. The maximum atomic E-state index is 12.5. The normalized spacial score (nSPS) is 23.8. The summed E-state index contributed by atoms with van der Waals surface area (Å²) in [7, 11) is 0. The third kappa shape index (κ3) is 2.98. The van der Waals surface area contributed by atoms with Crippen LogP contribution >= 0.6 is 24.2 Å². The lowest BCUT2D eigenvalue weighted by atomic mass is 9.77. The molecular weight excluding hydrogens is 324 g/mol. The number of halogens is 1. The Morgan fingerprint density at radius 3 is 2.68 bits per heavy atom. The van der Waals surface area contributed by atoms with E-state index in [0.29, 0.717) is 17.6 Å². The van der Waals surface area contributed by atoms with Crippen molar-refractivity contribution in [2.45, 2.75) is 51.6 Å². The number of rotatable bonds is 2. The molecule has 2 aliphatic rings. The molecule has 1 saturated carbocycles. The Labute approximate surface area is 141 Å². The second kappa shape index (κ2) is 6.02. The SMILES string of the molecule is CC(C)(C)C(=O)N1CSCC1c1nc(C2(N)CCC2)no1.Cl. The predicted molar refractivity (Wildman–Crippen MR) is 87.6 cm³/mol. The van der Waals surface area contributed by atoms with Crippen LogP contribution in [0.1, 0.15) is 57.8 Å². The molecule has 1 aliphatic carbocycles. The highest BCUT2D eigenvalue weighted by Crippen LogP contribution is 2.39. The lowest BCUT2D eigenvalue weighted by molar-refractivity contribution is -0.140. The average molecular weight is 347 g/mol. The summed E-state index contributed by atoms with van der Waals surface area (Å²) in [5.41, 5.74) is 5.40. The van der Waals surface area contributed by atoms with E-state index < -0.39 is 11.0 Å². The van der Waals surface area contributed by atoms with Crippen LogP contribution in [-0.4, -0.2) is 32.6 Å². The molecule has 1 saturated heterocycles. The van der Waals surface area contributed by atoms with E-state index in [2.05, 4.69) is 10.1 Å². The van der Waals surface area contributed by atoms with Crippen molar-refractivity contribution in [2.24, 2.45) is 11.1 Å². The second-order valence-electron chi connectivity index (χ2n) is 7.01. The van der Waals surface area contributed by atoms with Crippen molar-refractivity contribution in [3.63, 3.8) is 0 Å². The minimum atomic E-state index is -0.424. The molecule has 2 heterocycles. The number of thioether (sulfide) groups is 1. The Morgan fingerprint density at radius 2 is 2.14 bits per heavy atom. The van der Waals surface area contributed by atoms with Gasteiger partial charge in [-0.15, -0.1) is 24.2 Å². The van der Waals surface area contributed by atoms with Crippen molar-refractivity contribution >= 4 is 30.1 Å². The minimum Gasteiger partial charge on any atom is -0.337 e. The molecule has 0 aromatic carbocycles. The maximum Gasteiger partial charge on any atom is 0.250 e. The second-order valence-corrected chi connectivity index (χ2v) is 8.01. The van der Waals surface area contributed by atoms with Crippen LogP contribution < -0.4 is 5.73 Å². The molecule has 22 heavy (non-hydrogen) atoms. The number of hydrogen-bond acceptors (Lipinski definition) is 6. The molecule has 1 aromatic rings. The van der Waals surface area contributed by atoms with Crippen molar-refractivity contribution in [3.05, 3.63) is 11.7 Å². The van der Waals surface area contributed by atoms with Gasteiger partial charge >= 0.3 is 0 Å². The molecule has 6 nitrogen and oxygen atoms in total. The zero-order valence-electron chi connectivity index (χ0n) is 13.2. The van der Waals surface area contributed by atoms with E-state index in [0.717, 1.165) is 25.0 Å². The maximum absolute atomic E-state index is 12.5. The standard InChI is InChI=1S/C14H22N4O2S.ClH/c1-13(2,3)12(19)18-8-21-7-9(18)10-16-11(17-20-10)14(15)5-4-6-14;/h9H,4-8,15H2,1-3H3;1H. The van der Waals surface area contributed by atoms with Gasteiger partial charge in [0.25, 0.3) is 0 Å². The van der Waals surface area contributed by atoms with Crippen LogP contribution in [-0.2, 0) is 10.3 Å². The van der Waals surface area contributed by atoms with Gasteiger partial charge in [-0.2, -0.15) is 4.98 Å². The van der Waals surface area contributed by atoms with Gasteiger partial charge in [0.1, 0.15) is 6.04 Å². The van der Waals surface area contributed by atoms with Gasteiger partial charge in [-0.1, -0.05) is 25.9 Å². The van der Waals surface area contributed by atoms with Gasteiger partial charge in [0.05, 0.1) is 11.4 Å². The van der Waals surface area contributed by atoms with Gasteiger partial charge in [0.15, 0.2) is 5.82 Å². The molecule has 2 N–H and O–H groups in total. The zero-order chi connectivity index (χ0) is 15.3. The van der Waals surface area contributed by atoms with Gasteiger partial charge in [0, 0.05) is 11.2 Å². The van der Waals surface area contributed by atoms with Crippen LogP contribution in [0.3, 0.4) is 0 Å². The minimum absolute atomic E-state index is 0. The van der Waals surface area contributed by atoms with Crippen LogP contribution in [0.5, 0.6) is 0 Å². The smallest absolute Gasteiger partial charge is 0.250 e. The van der Waals surface area contributed by atoms with E-state index in [1.165, 1.54) is 0 Å². The lowest BCUT2D eigenvalue weighted by Crippen LogP contribution is -2.44. The summed E-state index contributed by atoms with van der Waals surface area (Å²) in [6.45, 7) is 5.79. The van der Waals surface area contributed by atoms with E-state index in [-0.39, 0.29) is 24.4 Å². The Kier molecular flexibility index (Phi) is 4.80. The topological polar surface area (TPSA) is 85.2 Å². The van der Waals surface area contributed by atoms with E-state index in [1.54, 1.807) is 11.8 Å². The van der Waals surface area contributed by atoms with Crippen molar-refractivity contribution in [1.82, 2.24) is 15.0 Å². The van der Waals surface area contributed by atoms with Crippen LogP contribution in [0.2, 0.25) is 0 Å². The molecule has 1 unspecified atom stereocenters. The predicted octanol–water partition coefficient (Wildman–Crippen LogP) is 2.45. The van der Waals surface area contributed by atoms with Crippen LogP contribution in [0.15, 0.2) is 4.52 Å². The molecule has 1 aliphatic heterocycles. The van der Waals surface area contributed by atoms with E-state index in [9.17, 15) is 4.79 Å². The van der Waals surface area contributed by atoms with Gasteiger partial charge in [0.2, 0.25) is 11.8 Å². The monoisotopic (exact) mass is 346 g/mol. The quantitative estimate of drug-likeness (QED) is 0.885. The fraction of sp³-hybridized carbons (Fsp3) is 0.786. The van der Waals surface area contributed by atoms with Crippen LogP contribution in [0, 0.1) is 5.41 Å². The lowest BCUT2D eigenvalue weighted by Gasteiger charge is -2.34. The van der Waals surface area contributed by atoms with Gasteiger partial charge in [-0.25, -0.2) is 0 Å². The first-order valence-electron chi connectivity index (χ1n) is 7.33. The third-order valence-corrected chi connectivity index (χ3v) is 5.21. The number of carbonyl (C=O) groups excluding carboxylic acids is 1. The Hall–Kier alpha value is -0.790. The van der Waals surface area contributed by atoms with Crippen LogP contribution in [0.4, 0.5) is 0 Å². The van der Waals surface area contributed by atoms with Gasteiger partial charge in [-0.3, -0.25) is 4.79 Å². The summed E-state index contributed by atoms with van der Waals surface area (Å²) >= 11 is 1.71. The molecule has 0 bridgehead atoms. The fourth-order valence-corrected chi connectivity index (χ4v) is 3.78. The number of carbonyl (C=O) groups is 1. The third-order valence-electron chi connectivity index (χ3n) is 4.20. The molecule has 8 heteroatoms. The molecule has 3 rings (SSSR count). The van der Waals surface area contributed by atoms with E-state index >= 15 is 0 Å². The van der Waals surface area contributed by atoms with Crippen molar-refractivity contribution in [2.75, 3.05) is 11.6 Å². The van der Waals surface area contributed by atoms with E-state index in [1.807, 2.05) is 25.7 Å². The first-order chi connectivity index (χ1) is 9.81. The largest absolute Gasteiger partial charge is 0.337 e. The molecular formula is C14H23ClN4O2S. The highest BCUT2D eigenvalue weighted by Gasteiger charge is 2.42. The highest BCUT2D eigenvalue weighted by atomic mass is 35.5. The van der Waals surface area contributed by atoms with Crippen molar-refractivity contribution in [1.29, 1.82) is 0 Å². The summed E-state index contributed by atoms with van der Waals surface area (Å²) in [6, 6.07) is -0.133. The fourth-order valence-electron chi connectivity index (χ4n) is 2.63. The Balaban J connectivity index is 0.00000176. The average Bonchev–Trinajstić information content (AvgIpc) is 3.02. The van der Waals surface area contributed by atoms with Crippen molar-refractivity contribution in [3.8, 4) is 0 Å². The van der Waals surface area contributed by atoms with Crippen molar-refractivity contribution < 1.29 is 9.32 Å². The van der Waals surface area contributed by atoms with E-state index in [4.69, 9.17) is 10.3 Å². The molecule has 1 atom stereocenters. The molecule has 1 aromatic heterocycles. The number of nitrogens with two attached hydrogens (primary N) is 1. The molecule has 0 radical (unpaired) electrons. The number of hydrogen-bond donors (Lipinski definition) is 1. The summed E-state index contributed by atoms with van der Waals surface area (Å²) in [5, 5.41) is 4.05. The molecule has 1 amide bonds. The highest BCUT2D eigenvalue weighted by molar-refractivity contribution is 7.99. The van der Waals surface area contributed by atoms with Gasteiger partial charge in [-0.05, 0) is 19.3 Å². The first kappa shape index (κ1) is 17.6. The summed E-state index contributed by atoms with van der Waals surface area (Å²) in [5.74, 6) is 2.68. The zero-order valence-corrected chi connectivity index (χ0v) is 14.8. The van der Waals surface area contributed by atoms with Crippen LogP contribution in [0.25, 0.3) is 0 Å². The molecule has 124 valence electrons. The number of nitrogens with zero attached hydrogens (tertiary/aromatic N) is 3. The Bertz CT molecular complexity index is 553. The molecule has 2 fully saturated rings. The molecule has 0 spiro atoms. The summed E-state index contributed by atoms with van der Waals surface area (Å²) in [4.78, 5) is 18.8.